The highest BCUT2D eigenvalue weighted by atomic mass is 32.1. The molecule has 3 nitrogen and oxygen atoms in total. The van der Waals surface area contributed by atoms with Gasteiger partial charge in [0.2, 0.25) is 0 Å². The van der Waals surface area contributed by atoms with Gasteiger partial charge in [-0.3, -0.25) is 4.57 Å². The number of halogens is 2. The third kappa shape index (κ3) is 1.76. The number of fused-ring (bicyclic) bond motifs is 1. The normalized spacial score (nSPS) is 11.2. The topological polar surface area (TPSA) is 33.6 Å². The highest BCUT2D eigenvalue weighted by molar-refractivity contribution is 7.71. The molecule has 102 valence electrons. The Morgan fingerprint density at radius 1 is 1.15 bits per heavy atom. The molecule has 0 amide bonds. The van der Waals surface area contributed by atoms with Crippen LogP contribution in [-0.4, -0.2) is 14.5 Å². The van der Waals surface area contributed by atoms with Crippen molar-refractivity contribution in [1.29, 1.82) is 0 Å². The molecule has 0 bridgehead atoms. The van der Waals surface area contributed by atoms with Gasteiger partial charge in [0, 0.05) is 6.20 Å². The van der Waals surface area contributed by atoms with Gasteiger partial charge >= 0.3 is 0 Å². The molecule has 3 aromatic rings. The maximum absolute atomic E-state index is 14.3. The lowest BCUT2D eigenvalue weighted by Crippen LogP contribution is -2.04. The van der Waals surface area contributed by atoms with E-state index >= 15 is 0 Å². The van der Waals surface area contributed by atoms with Crippen molar-refractivity contribution in [2.24, 2.45) is 0 Å². The first kappa shape index (κ1) is 12.9. The molecule has 1 N–H and O–H groups in total. The van der Waals surface area contributed by atoms with E-state index in [1.54, 1.807) is 19.2 Å². The lowest BCUT2D eigenvalue weighted by atomic mass is 10.2. The standard InChI is InChI=1S/C14H11F2N3S/c1-7-3-4-9(15)12(10(7)16)19-13-11(18-14(19)20)8(2)5-6-17-13/h3-6H,1-2H3,(H,18,20). The zero-order valence-corrected chi connectivity index (χ0v) is 11.7. The number of aromatic amines is 1. The summed E-state index contributed by atoms with van der Waals surface area (Å²) in [5.41, 5.74) is 2.16. The number of H-pyrrole nitrogens is 1. The van der Waals surface area contributed by atoms with Crippen LogP contribution in [0.25, 0.3) is 16.9 Å². The van der Waals surface area contributed by atoms with Gasteiger partial charge in [-0.2, -0.15) is 0 Å². The number of imidazole rings is 1. The maximum Gasteiger partial charge on any atom is 0.184 e. The van der Waals surface area contributed by atoms with Crippen LogP contribution in [0.2, 0.25) is 0 Å². The van der Waals surface area contributed by atoms with Gasteiger partial charge in [-0.25, -0.2) is 13.8 Å². The van der Waals surface area contributed by atoms with Crippen LogP contribution in [0.1, 0.15) is 11.1 Å². The second-order valence-electron chi connectivity index (χ2n) is 4.62. The molecule has 3 rings (SSSR count). The second-order valence-corrected chi connectivity index (χ2v) is 5.01. The Morgan fingerprint density at radius 3 is 2.65 bits per heavy atom. The van der Waals surface area contributed by atoms with Crippen LogP contribution >= 0.6 is 12.2 Å². The molecule has 0 aliphatic carbocycles. The van der Waals surface area contributed by atoms with E-state index in [4.69, 9.17) is 12.2 Å². The smallest absolute Gasteiger partial charge is 0.184 e. The summed E-state index contributed by atoms with van der Waals surface area (Å²) in [5, 5.41) is 0. The van der Waals surface area contributed by atoms with E-state index in [0.29, 0.717) is 16.7 Å². The number of nitrogens with zero attached hydrogens (tertiary/aromatic N) is 2. The number of hydrogen-bond donors (Lipinski definition) is 1. The number of pyridine rings is 1. The molecule has 6 heteroatoms. The van der Waals surface area contributed by atoms with Crippen molar-refractivity contribution >= 4 is 23.4 Å². The largest absolute Gasteiger partial charge is 0.329 e. The summed E-state index contributed by atoms with van der Waals surface area (Å²) in [6.07, 6.45) is 1.59. The van der Waals surface area contributed by atoms with Gasteiger partial charge in [-0.1, -0.05) is 6.07 Å². The molecule has 0 radical (unpaired) electrons. The Hall–Kier alpha value is -2.08. The fraction of sp³-hybridized carbons (Fsp3) is 0.143. The Bertz CT molecular complexity index is 880. The average Bonchev–Trinajstić information content (AvgIpc) is 2.74. The van der Waals surface area contributed by atoms with E-state index in [0.717, 1.165) is 5.56 Å². The molecule has 0 aliphatic rings. The molecule has 0 spiro atoms. The Labute approximate surface area is 118 Å². The highest BCUT2D eigenvalue weighted by Gasteiger charge is 2.18. The lowest BCUT2D eigenvalue weighted by Gasteiger charge is -2.09. The van der Waals surface area contributed by atoms with E-state index in [1.807, 2.05) is 6.92 Å². The number of hydrogen-bond acceptors (Lipinski definition) is 2. The van der Waals surface area contributed by atoms with Gasteiger partial charge in [0.05, 0.1) is 5.52 Å². The minimum atomic E-state index is -0.673. The summed E-state index contributed by atoms with van der Waals surface area (Å²) in [7, 11) is 0. The monoisotopic (exact) mass is 291 g/mol. The summed E-state index contributed by atoms with van der Waals surface area (Å²) in [6, 6.07) is 4.43. The molecular formula is C14H11F2N3S. The molecule has 0 aliphatic heterocycles. The number of aromatic nitrogens is 3. The molecule has 1 aromatic carbocycles. The Balaban J connectivity index is 2.48. The van der Waals surface area contributed by atoms with E-state index in [-0.39, 0.29) is 10.5 Å². The third-order valence-corrected chi connectivity index (χ3v) is 3.55. The fourth-order valence-corrected chi connectivity index (χ4v) is 2.46. The molecule has 0 fully saturated rings. The first-order valence-electron chi connectivity index (χ1n) is 6.02. The van der Waals surface area contributed by atoms with Gasteiger partial charge in [0.15, 0.2) is 16.2 Å². The van der Waals surface area contributed by atoms with Crippen LogP contribution in [0.3, 0.4) is 0 Å². The number of aryl methyl sites for hydroxylation is 2. The molecule has 0 atom stereocenters. The van der Waals surface area contributed by atoms with E-state index in [2.05, 4.69) is 9.97 Å². The van der Waals surface area contributed by atoms with Crippen LogP contribution in [-0.2, 0) is 0 Å². The molecule has 0 unspecified atom stereocenters. The third-order valence-electron chi connectivity index (χ3n) is 3.27. The summed E-state index contributed by atoms with van der Waals surface area (Å²) >= 11 is 5.19. The van der Waals surface area contributed by atoms with Crippen molar-refractivity contribution in [2.45, 2.75) is 13.8 Å². The van der Waals surface area contributed by atoms with Crippen LogP contribution in [0.5, 0.6) is 0 Å². The number of rotatable bonds is 1. The number of nitrogens with one attached hydrogen (secondary N) is 1. The van der Waals surface area contributed by atoms with Crippen molar-refractivity contribution in [3.8, 4) is 5.69 Å². The minimum Gasteiger partial charge on any atom is -0.329 e. The average molecular weight is 291 g/mol. The predicted octanol–water partition coefficient (Wildman–Crippen LogP) is 3.98. The molecule has 0 saturated carbocycles. The van der Waals surface area contributed by atoms with E-state index < -0.39 is 11.6 Å². The van der Waals surface area contributed by atoms with Crippen molar-refractivity contribution in [1.82, 2.24) is 14.5 Å². The summed E-state index contributed by atoms with van der Waals surface area (Å²) in [5.74, 6) is -1.31. The van der Waals surface area contributed by atoms with E-state index in [9.17, 15) is 8.78 Å². The Kier molecular flexibility index (Phi) is 2.90. The maximum atomic E-state index is 14.3. The van der Waals surface area contributed by atoms with Crippen molar-refractivity contribution < 1.29 is 8.78 Å². The quantitative estimate of drug-likeness (QED) is 0.688. The van der Waals surface area contributed by atoms with E-state index in [1.165, 1.54) is 16.7 Å². The first-order valence-corrected chi connectivity index (χ1v) is 6.43. The lowest BCUT2D eigenvalue weighted by molar-refractivity contribution is 0.564. The summed E-state index contributed by atoms with van der Waals surface area (Å²) in [4.78, 5) is 7.13. The van der Waals surface area contributed by atoms with Crippen LogP contribution < -0.4 is 0 Å². The van der Waals surface area contributed by atoms with Gasteiger partial charge in [0.1, 0.15) is 11.5 Å². The van der Waals surface area contributed by atoms with Crippen molar-refractivity contribution in [3.05, 3.63) is 51.9 Å². The van der Waals surface area contributed by atoms with Crippen molar-refractivity contribution in [3.63, 3.8) is 0 Å². The summed E-state index contributed by atoms with van der Waals surface area (Å²) in [6.45, 7) is 3.46. The second kappa shape index (κ2) is 4.49. The van der Waals surface area contributed by atoms with Crippen LogP contribution in [0, 0.1) is 30.3 Å². The SMILES string of the molecule is Cc1ccc(F)c(-n2c(=S)[nH]c3c(C)ccnc32)c1F. The highest BCUT2D eigenvalue weighted by Crippen LogP contribution is 2.25. The Morgan fingerprint density at radius 2 is 1.90 bits per heavy atom. The summed E-state index contributed by atoms with van der Waals surface area (Å²) < 4.78 is 29.9. The van der Waals surface area contributed by atoms with Crippen LogP contribution in [0.15, 0.2) is 24.4 Å². The van der Waals surface area contributed by atoms with Gasteiger partial charge < -0.3 is 4.98 Å². The van der Waals surface area contributed by atoms with Gasteiger partial charge in [0.25, 0.3) is 0 Å². The predicted molar refractivity (Wildman–Crippen MR) is 75.6 cm³/mol. The van der Waals surface area contributed by atoms with Crippen molar-refractivity contribution in [2.75, 3.05) is 0 Å². The fourth-order valence-electron chi connectivity index (χ4n) is 2.18. The zero-order chi connectivity index (χ0) is 14.4. The molecular weight excluding hydrogens is 280 g/mol. The number of benzene rings is 1. The molecule has 2 heterocycles. The molecule has 20 heavy (non-hydrogen) atoms. The molecule has 2 aromatic heterocycles. The minimum absolute atomic E-state index is 0.195. The zero-order valence-electron chi connectivity index (χ0n) is 10.9. The molecule has 0 saturated heterocycles. The van der Waals surface area contributed by atoms with Gasteiger partial charge in [-0.05, 0) is 49.3 Å². The van der Waals surface area contributed by atoms with Gasteiger partial charge in [-0.15, -0.1) is 0 Å². The van der Waals surface area contributed by atoms with Crippen LogP contribution in [0.4, 0.5) is 8.78 Å². The first-order chi connectivity index (χ1) is 9.50.